The van der Waals surface area contributed by atoms with Crippen LogP contribution < -0.4 is 4.74 Å². The molecule has 1 amide bonds. The summed E-state index contributed by atoms with van der Waals surface area (Å²) in [6, 6.07) is 24.0. The summed E-state index contributed by atoms with van der Waals surface area (Å²) in [5, 5.41) is 11.3. The first-order valence-electron chi connectivity index (χ1n) is 12.1. The van der Waals surface area contributed by atoms with Crippen molar-refractivity contribution in [1.29, 1.82) is 0 Å². The number of ketones is 1. The van der Waals surface area contributed by atoms with Gasteiger partial charge in [0.2, 0.25) is 0 Å². The van der Waals surface area contributed by atoms with Crippen molar-refractivity contribution in [2.24, 2.45) is 0 Å². The molecule has 0 aliphatic carbocycles. The molecule has 0 spiro atoms. The Hall–Kier alpha value is -3.90. The van der Waals surface area contributed by atoms with Crippen LogP contribution in [0.1, 0.15) is 34.7 Å². The van der Waals surface area contributed by atoms with Gasteiger partial charge in [-0.05, 0) is 68.9 Å². The Labute approximate surface area is 212 Å². The fourth-order valence-corrected chi connectivity index (χ4v) is 4.50. The number of carbonyl (C=O) groups is 2. The molecule has 1 heterocycles. The molecule has 36 heavy (non-hydrogen) atoms. The first kappa shape index (κ1) is 25.2. The van der Waals surface area contributed by atoms with Crippen molar-refractivity contribution >= 4 is 17.4 Å². The summed E-state index contributed by atoms with van der Waals surface area (Å²) in [7, 11) is 3.94. The Kier molecular flexibility index (Phi) is 7.86. The number of aliphatic hydroxyl groups is 1. The number of likely N-dealkylation sites (tertiary alicyclic amines) is 1. The van der Waals surface area contributed by atoms with E-state index in [1.807, 2.05) is 86.6 Å². The fourth-order valence-electron chi connectivity index (χ4n) is 4.50. The van der Waals surface area contributed by atoms with Gasteiger partial charge in [0.05, 0.1) is 11.6 Å². The fraction of sp³-hybridized carbons (Fsp3) is 0.267. The summed E-state index contributed by atoms with van der Waals surface area (Å²) in [5.41, 5.74) is 3.27. The molecule has 1 fully saturated rings. The number of rotatable bonds is 9. The van der Waals surface area contributed by atoms with Crippen LogP contribution >= 0.6 is 0 Å². The van der Waals surface area contributed by atoms with Gasteiger partial charge in [0, 0.05) is 12.1 Å². The maximum absolute atomic E-state index is 13.2. The lowest BCUT2D eigenvalue weighted by atomic mass is 9.95. The average molecular weight is 485 g/mol. The first-order valence-corrected chi connectivity index (χ1v) is 12.1. The molecule has 1 aliphatic rings. The number of hydrogen-bond donors (Lipinski definition) is 1. The van der Waals surface area contributed by atoms with Crippen molar-refractivity contribution in [3.8, 4) is 5.75 Å². The Balaban J connectivity index is 1.66. The van der Waals surface area contributed by atoms with Crippen molar-refractivity contribution < 1.29 is 19.4 Å². The summed E-state index contributed by atoms with van der Waals surface area (Å²) in [5.74, 6) is -0.717. The summed E-state index contributed by atoms with van der Waals surface area (Å²) >= 11 is 0. The molecule has 3 aromatic rings. The molecule has 1 atom stereocenters. The molecule has 186 valence electrons. The summed E-state index contributed by atoms with van der Waals surface area (Å²) < 4.78 is 5.96. The minimum absolute atomic E-state index is 0.119. The van der Waals surface area contributed by atoms with Gasteiger partial charge >= 0.3 is 0 Å². The average Bonchev–Trinajstić information content (AvgIpc) is 3.13. The monoisotopic (exact) mass is 484 g/mol. The maximum Gasteiger partial charge on any atom is 0.295 e. The van der Waals surface area contributed by atoms with Crippen LogP contribution in [0.4, 0.5) is 0 Å². The van der Waals surface area contributed by atoms with Gasteiger partial charge in [-0.3, -0.25) is 9.59 Å². The van der Waals surface area contributed by atoms with E-state index in [2.05, 4.69) is 0 Å². The third-order valence-electron chi connectivity index (χ3n) is 6.35. The normalized spacial score (nSPS) is 17.1. The van der Waals surface area contributed by atoms with E-state index in [0.717, 1.165) is 29.7 Å². The zero-order valence-corrected chi connectivity index (χ0v) is 21.0. The first-order chi connectivity index (χ1) is 17.4. The van der Waals surface area contributed by atoms with Gasteiger partial charge in [-0.2, -0.15) is 0 Å². The van der Waals surface area contributed by atoms with Crippen molar-refractivity contribution in [1.82, 2.24) is 9.80 Å². The van der Waals surface area contributed by atoms with Crippen molar-refractivity contribution in [3.63, 3.8) is 0 Å². The van der Waals surface area contributed by atoms with E-state index in [1.54, 1.807) is 23.1 Å². The van der Waals surface area contributed by atoms with Crippen LogP contribution in [0.15, 0.2) is 84.4 Å². The number of amides is 1. The lowest BCUT2D eigenvalue weighted by Crippen LogP contribution is -2.32. The smallest absolute Gasteiger partial charge is 0.295 e. The van der Waals surface area contributed by atoms with Gasteiger partial charge < -0.3 is 19.6 Å². The quantitative estimate of drug-likeness (QED) is 0.264. The predicted molar refractivity (Wildman–Crippen MR) is 141 cm³/mol. The van der Waals surface area contributed by atoms with Crippen LogP contribution in [0.3, 0.4) is 0 Å². The SMILES string of the molecule is Cc1cc(C(O)=C2C(=O)C(=O)N(CCCN(C)C)[C@H]2c2ccccc2)ccc1OCc1ccccc1. The number of carbonyl (C=O) groups excluding carboxylic acids is 2. The van der Waals surface area contributed by atoms with E-state index in [0.29, 0.717) is 24.5 Å². The second kappa shape index (κ2) is 11.2. The van der Waals surface area contributed by atoms with Gasteiger partial charge in [0.25, 0.3) is 11.7 Å². The molecular formula is C30H32N2O4. The van der Waals surface area contributed by atoms with Crippen molar-refractivity contribution in [3.05, 3.63) is 107 Å². The molecular weight excluding hydrogens is 452 g/mol. The zero-order chi connectivity index (χ0) is 25.7. The molecule has 0 aromatic heterocycles. The van der Waals surface area contributed by atoms with Crippen LogP contribution in [0.25, 0.3) is 5.76 Å². The summed E-state index contributed by atoms with van der Waals surface area (Å²) in [4.78, 5) is 29.8. The standard InChI is InChI=1S/C30H32N2O4/c1-21-19-24(15-16-25(21)36-20-22-11-6-4-7-12-22)28(33)26-27(23-13-8-5-9-14-23)32(30(35)29(26)34)18-10-17-31(2)3/h4-9,11-16,19,27,33H,10,17-18,20H2,1-3H3/t27-/m0/s1. The van der Waals surface area contributed by atoms with Gasteiger partial charge in [-0.1, -0.05) is 60.7 Å². The Morgan fingerprint density at radius 1 is 0.972 bits per heavy atom. The summed E-state index contributed by atoms with van der Waals surface area (Å²) in [6.45, 7) is 3.53. The highest BCUT2D eigenvalue weighted by Crippen LogP contribution is 2.39. The highest BCUT2D eigenvalue weighted by Gasteiger charge is 2.45. The van der Waals surface area contributed by atoms with Gasteiger partial charge in [-0.25, -0.2) is 0 Å². The third-order valence-corrected chi connectivity index (χ3v) is 6.35. The lowest BCUT2D eigenvalue weighted by Gasteiger charge is -2.26. The molecule has 0 bridgehead atoms. The zero-order valence-electron chi connectivity index (χ0n) is 21.0. The number of ether oxygens (including phenoxy) is 1. The predicted octanol–water partition coefficient (Wildman–Crippen LogP) is 4.95. The van der Waals surface area contributed by atoms with E-state index >= 15 is 0 Å². The minimum Gasteiger partial charge on any atom is -0.507 e. The minimum atomic E-state index is -0.659. The molecule has 4 rings (SSSR count). The van der Waals surface area contributed by atoms with E-state index in [9.17, 15) is 14.7 Å². The number of aliphatic hydroxyl groups excluding tert-OH is 1. The Morgan fingerprint density at radius 3 is 2.28 bits per heavy atom. The highest BCUT2D eigenvalue weighted by atomic mass is 16.5. The Morgan fingerprint density at radius 2 is 1.64 bits per heavy atom. The second-order valence-corrected chi connectivity index (χ2v) is 9.31. The second-order valence-electron chi connectivity index (χ2n) is 9.31. The van der Waals surface area contributed by atoms with Gasteiger partial charge in [-0.15, -0.1) is 0 Å². The maximum atomic E-state index is 13.2. The van der Waals surface area contributed by atoms with Crippen LogP contribution in [0.2, 0.25) is 0 Å². The van der Waals surface area contributed by atoms with E-state index in [4.69, 9.17) is 4.74 Å². The molecule has 6 heteroatoms. The van der Waals surface area contributed by atoms with E-state index in [-0.39, 0.29) is 11.3 Å². The van der Waals surface area contributed by atoms with Crippen LogP contribution in [-0.2, 0) is 16.2 Å². The van der Waals surface area contributed by atoms with Gasteiger partial charge in [0.1, 0.15) is 18.1 Å². The molecule has 3 aromatic carbocycles. The largest absolute Gasteiger partial charge is 0.507 e. The van der Waals surface area contributed by atoms with Crippen molar-refractivity contribution in [2.75, 3.05) is 27.2 Å². The number of Topliss-reactive ketones (excluding diaryl/α,β-unsaturated/α-hetero) is 1. The Bertz CT molecular complexity index is 1250. The molecule has 6 nitrogen and oxygen atoms in total. The lowest BCUT2D eigenvalue weighted by molar-refractivity contribution is -0.139. The van der Waals surface area contributed by atoms with Crippen molar-refractivity contribution in [2.45, 2.75) is 26.0 Å². The van der Waals surface area contributed by atoms with Gasteiger partial charge in [0.15, 0.2) is 0 Å². The number of benzene rings is 3. The summed E-state index contributed by atoms with van der Waals surface area (Å²) in [6.07, 6.45) is 0.718. The number of nitrogens with zero attached hydrogens (tertiary/aromatic N) is 2. The van der Waals surface area contributed by atoms with Crippen LogP contribution in [0.5, 0.6) is 5.75 Å². The van der Waals surface area contributed by atoms with E-state index < -0.39 is 17.7 Å². The van der Waals surface area contributed by atoms with E-state index in [1.165, 1.54) is 0 Å². The topological polar surface area (TPSA) is 70.1 Å². The third kappa shape index (κ3) is 5.50. The highest BCUT2D eigenvalue weighted by molar-refractivity contribution is 6.46. The molecule has 0 unspecified atom stereocenters. The molecule has 1 N–H and O–H groups in total. The van der Waals surface area contributed by atoms with Crippen LogP contribution in [-0.4, -0.2) is 53.8 Å². The molecule has 1 saturated heterocycles. The molecule has 1 aliphatic heterocycles. The van der Waals surface area contributed by atoms with Crippen LogP contribution in [0, 0.1) is 6.92 Å². The molecule has 0 saturated carbocycles. The molecule has 0 radical (unpaired) electrons. The number of hydrogen-bond acceptors (Lipinski definition) is 5. The number of aryl methyl sites for hydroxylation is 1.